The van der Waals surface area contributed by atoms with E-state index >= 15 is 0 Å². The van der Waals surface area contributed by atoms with Gasteiger partial charge in [-0.15, -0.1) is 0 Å². The first-order valence-electron chi connectivity index (χ1n) is 2.98. The Labute approximate surface area is 57.3 Å². The maximum Gasteiger partial charge on any atom is 0.223 e. The van der Waals surface area contributed by atoms with Crippen LogP contribution in [0.2, 0.25) is 13.1 Å². The summed E-state index contributed by atoms with van der Waals surface area (Å²) in [5.74, 6) is -0.268. The van der Waals surface area contributed by atoms with Crippen molar-refractivity contribution in [1.29, 1.82) is 0 Å². The van der Waals surface area contributed by atoms with Crippen molar-refractivity contribution in [2.75, 3.05) is 0 Å². The predicted molar refractivity (Wildman–Crippen MR) is 41.9 cm³/mol. The summed E-state index contributed by atoms with van der Waals surface area (Å²) in [5, 5.41) is 0. The Morgan fingerprint density at radius 1 is 1.67 bits per heavy atom. The average molecular weight is 143 g/mol. The molecule has 0 aromatic heterocycles. The molecule has 9 heavy (non-hydrogen) atoms. The highest BCUT2D eigenvalue weighted by atomic mass is 28.2. The Morgan fingerprint density at radius 2 is 2.11 bits per heavy atom. The number of nitrogens with two attached hydrogens (primary N) is 1. The molecule has 2 N–H and O–H groups in total. The Hall–Kier alpha value is -0.443. The third-order valence-corrected chi connectivity index (χ3v) is 2.20. The van der Waals surface area contributed by atoms with E-state index in [0.29, 0.717) is 0 Å². The summed E-state index contributed by atoms with van der Waals surface area (Å²) in [4.78, 5) is 10.4. The lowest BCUT2D eigenvalue weighted by atomic mass is 10.2. The van der Waals surface area contributed by atoms with Crippen LogP contribution in [0.3, 0.4) is 0 Å². The van der Waals surface area contributed by atoms with Crippen molar-refractivity contribution in [1.82, 2.24) is 0 Å². The minimum Gasteiger partial charge on any atom is -0.369 e. The summed E-state index contributed by atoms with van der Waals surface area (Å²) in [7, 11) is -0.404. The fourth-order valence-electron chi connectivity index (χ4n) is 0.582. The topological polar surface area (TPSA) is 43.1 Å². The summed E-state index contributed by atoms with van der Waals surface area (Å²) < 4.78 is 0. The molecule has 3 heteroatoms. The van der Waals surface area contributed by atoms with Gasteiger partial charge in [-0.05, 0) is 8.41 Å². The molecule has 0 bridgehead atoms. The monoisotopic (exact) mass is 143 g/mol. The van der Waals surface area contributed by atoms with Crippen LogP contribution in [-0.2, 0) is 4.79 Å². The van der Waals surface area contributed by atoms with E-state index in [-0.39, 0.29) is 11.8 Å². The molecule has 0 rings (SSSR count). The van der Waals surface area contributed by atoms with Gasteiger partial charge >= 0.3 is 0 Å². The smallest absolute Gasteiger partial charge is 0.223 e. The lowest BCUT2D eigenvalue weighted by molar-refractivity contribution is -0.119. The van der Waals surface area contributed by atoms with E-state index in [1.165, 1.54) is 0 Å². The van der Waals surface area contributed by atoms with Gasteiger partial charge in [-0.25, -0.2) is 0 Å². The third-order valence-electron chi connectivity index (χ3n) is 1.03. The van der Waals surface area contributed by atoms with Gasteiger partial charge in [0.05, 0.1) is 0 Å². The second-order valence-electron chi connectivity index (χ2n) is 2.44. The van der Waals surface area contributed by atoms with Gasteiger partial charge in [0.1, 0.15) is 0 Å². The van der Waals surface area contributed by atoms with Crippen molar-refractivity contribution in [3.8, 4) is 0 Å². The van der Waals surface area contributed by atoms with E-state index in [0.717, 1.165) is 0 Å². The molecule has 0 aliphatic heterocycles. The Morgan fingerprint density at radius 3 is 2.22 bits per heavy atom. The van der Waals surface area contributed by atoms with Gasteiger partial charge < -0.3 is 5.73 Å². The molecule has 0 aromatic rings. The molecule has 1 unspecified atom stereocenters. The van der Waals surface area contributed by atoms with Crippen molar-refractivity contribution in [2.24, 2.45) is 11.7 Å². The van der Waals surface area contributed by atoms with Crippen LogP contribution in [0, 0.1) is 5.92 Å². The zero-order chi connectivity index (χ0) is 7.44. The van der Waals surface area contributed by atoms with E-state index in [4.69, 9.17) is 5.73 Å². The van der Waals surface area contributed by atoms with Gasteiger partial charge in [-0.1, -0.05) is 25.7 Å². The molecule has 0 heterocycles. The maximum absolute atomic E-state index is 10.4. The first kappa shape index (κ1) is 8.56. The molecule has 0 aromatic carbocycles. The van der Waals surface area contributed by atoms with Gasteiger partial charge in [0.15, 0.2) is 0 Å². The Kier molecular flexibility index (Phi) is 3.38. The highest BCUT2D eigenvalue weighted by Crippen LogP contribution is 1.85. The highest BCUT2D eigenvalue weighted by molar-refractivity contribution is 6.64. The average Bonchev–Trinajstić information content (AvgIpc) is 1.63. The van der Waals surface area contributed by atoms with Crippen molar-refractivity contribution >= 4 is 20.0 Å². The Balaban J connectivity index is 3.91. The van der Waals surface area contributed by atoms with Crippen LogP contribution in [0.15, 0.2) is 0 Å². The molecule has 0 fully saturated rings. The molecule has 0 saturated heterocycles. The van der Waals surface area contributed by atoms with Crippen LogP contribution >= 0.6 is 0 Å². The Bertz CT molecular complexity index is 138. The number of amides is 1. The molecular formula is C6H13NOSi. The zero-order valence-electron chi connectivity index (χ0n) is 6.14. The first-order valence-corrected chi connectivity index (χ1v) is 5.56. The number of carbonyl (C=O) groups excluding carboxylic acids is 1. The largest absolute Gasteiger partial charge is 0.369 e. The standard InChI is InChI=1S/C6H13NOSi/c1-5(6(7)8)4-9(2)3/h4-5H,1-3H3,(H2,7,8). The van der Waals surface area contributed by atoms with E-state index < -0.39 is 8.41 Å². The summed E-state index contributed by atoms with van der Waals surface area (Å²) in [5.41, 5.74) is 7.07. The second kappa shape index (κ2) is 3.56. The van der Waals surface area contributed by atoms with Crippen LogP contribution in [0.4, 0.5) is 0 Å². The molecule has 1 amide bonds. The predicted octanol–water partition coefficient (Wildman–Crippen LogP) is 0.246. The van der Waals surface area contributed by atoms with Crippen LogP contribution in [0.5, 0.6) is 0 Å². The number of rotatable bonds is 2. The molecule has 0 spiro atoms. The number of primary amides is 1. The molecular weight excluding hydrogens is 130 g/mol. The highest BCUT2D eigenvalue weighted by Gasteiger charge is 2.02. The van der Waals surface area contributed by atoms with Crippen LogP contribution in [-0.4, -0.2) is 20.0 Å². The molecule has 1 atom stereocenters. The number of hydrogen-bond acceptors (Lipinski definition) is 1. The van der Waals surface area contributed by atoms with Crippen molar-refractivity contribution in [3.05, 3.63) is 0 Å². The van der Waals surface area contributed by atoms with Gasteiger partial charge in [0.25, 0.3) is 0 Å². The van der Waals surface area contributed by atoms with Crippen molar-refractivity contribution in [3.63, 3.8) is 0 Å². The molecule has 0 radical (unpaired) electrons. The fourth-order valence-corrected chi connectivity index (χ4v) is 1.75. The van der Waals surface area contributed by atoms with E-state index in [9.17, 15) is 4.79 Å². The molecule has 52 valence electrons. The maximum atomic E-state index is 10.4. The lowest BCUT2D eigenvalue weighted by Gasteiger charge is -1.98. The zero-order valence-corrected chi connectivity index (χ0v) is 7.14. The van der Waals surface area contributed by atoms with Crippen LogP contribution in [0.25, 0.3) is 0 Å². The molecule has 2 nitrogen and oxygen atoms in total. The summed E-state index contributed by atoms with van der Waals surface area (Å²) >= 11 is 0. The van der Waals surface area contributed by atoms with Crippen LogP contribution in [0.1, 0.15) is 6.92 Å². The molecule has 0 saturated carbocycles. The summed E-state index contributed by atoms with van der Waals surface area (Å²) in [6.45, 7) is 6.09. The molecule has 0 aliphatic rings. The lowest BCUT2D eigenvalue weighted by Crippen LogP contribution is -2.23. The second-order valence-corrected chi connectivity index (χ2v) is 4.92. The van der Waals surface area contributed by atoms with Crippen molar-refractivity contribution < 1.29 is 4.79 Å². The van der Waals surface area contributed by atoms with Gasteiger partial charge in [-0.2, -0.15) is 0 Å². The summed E-state index contributed by atoms with van der Waals surface area (Å²) in [6, 6.07) is 0. The minimum absolute atomic E-state index is 0.0473. The number of hydrogen-bond donors (Lipinski definition) is 1. The van der Waals surface area contributed by atoms with Gasteiger partial charge in [0, 0.05) is 5.92 Å². The normalized spacial score (nSPS) is 12.3. The van der Waals surface area contributed by atoms with E-state index in [1.54, 1.807) is 0 Å². The fraction of sp³-hybridized carbons (Fsp3) is 0.667. The first-order chi connectivity index (χ1) is 4.04. The SMILES string of the molecule is CC(C=[Si](C)C)C(N)=O. The minimum atomic E-state index is -0.404. The number of carbonyl (C=O) groups is 1. The molecule has 0 aliphatic carbocycles. The quantitative estimate of drug-likeness (QED) is 0.553. The van der Waals surface area contributed by atoms with E-state index in [1.807, 2.05) is 12.6 Å². The third kappa shape index (κ3) is 4.09. The van der Waals surface area contributed by atoms with E-state index in [2.05, 4.69) is 13.1 Å². The van der Waals surface area contributed by atoms with Crippen molar-refractivity contribution in [2.45, 2.75) is 20.0 Å². The summed E-state index contributed by atoms with van der Waals surface area (Å²) in [6.07, 6.45) is 0. The van der Waals surface area contributed by atoms with Gasteiger partial charge in [0.2, 0.25) is 5.91 Å². The van der Waals surface area contributed by atoms with Crippen LogP contribution < -0.4 is 5.73 Å². The van der Waals surface area contributed by atoms with Gasteiger partial charge in [-0.3, -0.25) is 4.79 Å².